The molecule has 2 N–H and O–H groups in total. The molecule has 1 amide bonds. The number of rotatable bonds is 8. The summed E-state index contributed by atoms with van der Waals surface area (Å²) in [6.07, 6.45) is 2.63. The Hall–Kier alpha value is -1.43. The molecule has 0 bridgehead atoms. The Morgan fingerprint density at radius 3 is 2.84 bits per heavy atom. The van der Waals surface area contributed by atoms with Gasteiger partial charge in [0, 0.05) is 47.3 Å². The van der Waals surface area contributed by atoms with Crippen LogP contribution in [0.4, 0.5) is 5.69 Å². The largest absolute Gasteiger partial charge is 0.385 e. The highest BCUT2D eigenvalue weighted by atomic mass is 32.2. The van der Waals surface area contributed by atoms with Crippen molar-refractivity contribution in [1.29, 1.82) is 0 Å². The monoisotopic (exact) mass is 283 g/mol. The van der Waals surface area contributed by atoms with Crippen LogP contribution in [-0.4, -0.2) is 39.7 Å². The van der Waals surface area contributed by atoms with Gasteiger partial charge in [-0.05, 0) is 18.6 Å². The average molecular weight is 283 g/mol. The van der Waals surface area contributed by atoms with Crippen LogP contribution in [0.25, 0.3) is 0 Å². The minimum Gasteiger partial charge on any atom is -0.385 e. The van der Waals surface area contributed by atoms with Crippen LogP contribution in [0.1, 0.15) is 30.8 Å². The maximum absolute atomic E-state index is 11.8. The van der Waals surface area contributed by atoms with Gasteiger partial charge in [0.05, 0.1) is 0 Å². The molecule has 0 aliphatic heterocycles. The van der Waals surface area contributed by atoms with Crippen molar-refractivity contribution < 1.29 is 9.00 Å². The predicted molar refractivity (Wildman–Crippen MR) is 78.9 cm³/mol. The van der Waals surface area contributed by atoms with Crippen molar-refractivity contribution in [3.63, 3.8) is 0 Å². The van der Waals surface area contributed by atoms with E-state index in [9.17, 15) is 9.00 Å². The number of carbonyl (C=O) groups excluding carboxylic acids is 1. The Morgan fingerprint density at radius 1 is 1.37 bits per heavy atom. The van der Waals surface area contributed by atoms with Crippen LogP contribution in [-0.2, 0) is 10.8 Å². The number of hydrogen-bond acceptors (Lipinski definition) is 4. The first-order valence-electron chi connectivity index (χ1n) is 6.50. The Balaban J connectivity index is 2.49. The first-order valence-corrected chi connectivity index (χ1v) is 7.99. The molecule has 0 aliphatic carbocycles. The molecule has 1 aromatic rings. The van der Waals surface area contributed by atoms with Gasteiger partial charge in [-0.2, -0.15) is 0 Å². The van der Waals surface area contributed by atoms with Gasteiger partial charge in [0.25, 0.3) is 5.91 Å². The van der Waals surface area contributed by atoms with E-state index in [1.807, 2.05) is 13.0 Å². The quantitative estimate of drug-likeness (QED) is 0.756. The van der Waals surface area contributed by atoms with Crippen molar-refractivity contribution in [2.75, 3.05) is 29.9 Å². The highest BCUT2D eigenvalue weighted by Gasteiger charge is 2.07. The van der Waals surface area contributed by atoms with E-state index in [4.69, 9.17) is 0 Å². The van der Waals surface area contributed by atoms with Gasteiger partial charge in [-0.3, -0.25) is 14.0 Å². The van der Waals surface area contributed by atoms with Gasteiger partial charge in [-0.25, -0.2) is 0 Å². The second kappa shape index (κ2) is 8.63. The van der Waals surface area contributed by atoms with Crippen LogP contribution in [0, 0.1) is 0 Å². The molecule has 6 heteroatoms. The minimum atomic E-state index is -0.856. The van der Waals surface area contributed by atoms with E-state index in [0.29, 0.717) is 23.7 Å². The van der Waals surface area contributed by atoms with E-state index >= 15 is 0 Å². The molecule has 1 aromatic heterocycles. The van der Waals surface area contributed by atoms with E-state index in [1.165, 1.54) is 0 Å². The van der Waals surface area contributed by atoms with Gasteiger partial charge < -0.3 is 10.6 Å². The second-order valence-electron chi connectivity index (χ2n) is 4.05. The molecule has 5 nitrogen and oxygen atoms in total. The summed E-state index contributed by atoms with van der Waals surface area (Å²) in [5, 5.41) is 5.93. The zero-order valence-electron chi connectivity index (χ0n) is 11.4. The number of pyridine rings is 1. The van der Waals surface area contributed by atoms with Crippen LogP contribution >= 0.6 is 0 Å². The lowest BCUT2D eigenvalue weighted by Gasteiger charge is -2.07. The topological polar surface area (TPSA) is 71.1 Å². The van der Waals surface area contributed by atoms with E-state index in [0.717, 1.165) is 18.7 Å². The molecule has 0 saturated heterocycles. The standard InChI is InChI=1S/C13H21N3O2S/c1-3-6-14-11-5-7-15-12(10-11)13(17)16-8-9-19(18)4-2/h5,7,10H,3-4,6,8-9H2,1-2H3,(H,14,15)(H,16,17). The minimum absolute atomic E-state index is 0.228. The zero-order chi connectivity index (χ0) is 14.1. The summed E-state index contributed by atoms with van der Waals surface area (Å²) < 4.78 is 11.2. The molecule has 1 heterocycles. The third-order valence-corrected chi connectivity index (χ3v) is 3.81. The molecule has 1 unspecified atom stereocenters. The third kappa shape index (κ3) is 5.83. The fraction of sp³-hybridized carbons (Fsp3) is 0.538. The number of amides is 1. The van der Waals surface area contributed by atoms with Crippen molar-refractivity contribution in [1.82, 2.24) is 10.3 Å². The fourth-order valence-corrected chi connectivity index (χ4v) is 2.07. The Morgan fingerprint density at radius 2 is 2.16 bits per heavy atom. The second-order valence-corrected chi connectivity index (χ2v) is 5.91. The van der Waals surface area contributed by atoms with Crippen LogP contribution in [0.3, 0.4) is 0 Å². The van der Waals surface area contributed by atoms with Gasteiger partial charge >= 0.3 is 0 Å². The van der Waals surface area contributed by atoms with Gasteiger partial charge in [-0.1, -0.05) is 13.8 Å². The highest BCUT2D eigenvalue weighted by molar-refractivity contribution is 7.84. The Bertz CT molecular complexity index is 438. The molecule has 0 saturated carbocycles. The normalized spacial score (nSPS) is 11.9. The molecule has 0 fully saturated rings. The van der Waals surface area contributed by atoms with Gasteiger partial charge in [0.1, 0.15) is 5.69 Å². The summed E-state index contributed by atoms with van der Waals surface area (Å²) in [5.41, 5.74) is 1.27. The molecule has 0 radical (unpaired) electrons. The highest BCUT2D eigenvalue weighted by Crippen LogP contribution is 2.07. The number of nitrogens with one attached hydrogen (secondary N) is 2. The Kier molecular flexibility index (Phi) is 7.10. The lowest BCUT2D eigenvalue weighted by Crippen LogP contribution is -2.28. The molecule has 0 aliphatic rings. The van der Waals surface area contributed by atoms with E-state index < -0.39 is 10.8 Å². The van der Waals surface area contributed by atoms with E-state index in [1.54, 1.807) is 12.3 Å². The zero-order valence-corrected chi connectivity index (χ0v) is 12.3. The number of anilines is 1. The third-order valence-electron chi connectivity index (χ3n) is 2.51. The first-order chi connectivity index (χ1) is 9.17. The molecule has 19 heavy (non-hydrogen) atoms. The summed E-state index contributed by atoms with van der Waals surface area (Å²) in [6, 6.07) is 3.56. The van der Waals surface area contributed by atoms with Crippen molar-refractivity contribution in [2.45, 2.75) is 20.3 Å². The molecule has 0 aromatic carbocycles. The smallest absolute Gasteiger partial charge is 0.269 e. The van der Waals surface area contributed by atoms with Crippen molar-refractivity contribution >= 4 is 22.4 Å². The SMILES string of the molecule is CCCNc1ccnc(C(=O)NCCS(=O)CC)c1. The number of hydrogen-bond donors (Lipinski definition) is 2. The summed E-state index contributed by atoms with van der Waals surface area (Å²) in [6.45, 7) is 5.21. The maximum Gasteiger partial charge on any atom is 0.269 e. The van der Waals surface area contributed by atoms with E-state index in [-0.39, 0.29) is 5.91 Å². The fourth-order valence-electron chi connectivity index (χ4n) is 1.45. The van der Waals surface area contributed by atoms with Gasteiger partial charge in [-0.15, -0.1) is 0 Å². The number of carbonyl (C=O) groups is 1. The molecule has 1 atom stereocenters. The summed E-state index contributed by atoms with van der Waals surface area (Å²) in [5.74, 6) is 0.869. The van der Waals surface area contributed by atoms with Gasteiger partial charge in [0.15, 0.2) is 0 Å². The lowest BCUT2D eigenvalue weighted by atomic mass is 10.3. The number of aromatic nitrogens is 1. The van der Waals surface area contributed by atoms with E-state index in [2.05, 4.69) is 22.5 Å². The predicted octanol–water partition coefficient (Wildman–Crippen LogP) is 1.40. The lowest BCUT2D eigenvalue weighted by molar-refractivity contribution is 0.0951. The summed E-state index contributed by atoms with van der Waals surface area (Å²) >= 11 is 0. The van der Waals surface area contributed by atoms with Crippen LogP contribution < -0.4 is 10.6 Å². The van der Waals surface area contributed by atoms with Crippen LogP contribution in [0.2, 0.25) is 0 Å². The van der Waals surface area contributed by atoms with Crippen LogP contribution in [0.15, 0.2) is 18.3 Å². The summed E-state index contributed by atoms with van der Waals surface area (Å²) in [7, 11) is -0.856. The molecular formula is C13H21N3O2S. The molecular weight excluding hydrogens is 262 g/mol. The van der Waals surface area contributed by atoms with Crippen molar-refractivity contribution in [3.8, 4) is 0 Å². The Labute approximate surface area is 116 Å². The van der Waals surface area contributed by atoms with Gasteiger partial charge in [0.2, 0.25) is 0 Å². The maximum atomic E-state index is 11.8. The van der Waals surface area contributed by atoms with Crippen molar-refractivity contribution in [3.05, 3.63) is 24.0 Å². The number of nitrogens with zero attached hydrogens (tertiary/aromatic N) is 1. The first kappa shape index (κ1) is 15.6. The summed E-state index contributed by atoms with van der Waals surface area (Å²) in [4.78, 5) is 15.9. The molecule has 0 spiro atoms. The van der Waals surface area contributed by atoms with Crippen LogP contribution in [0.5, 0.6) is 0 Å². The molecule has 1 rings (SSSR count). The average Bonchev–Trinajstić information content (AvgIpc) is 2.45. The van der Waals surface area contributed by atoms with Crippen molar-refractivity contribution in [2.24, 2.45) is 0 Å². The molecule has 106 valence electrons.